The molecule has 9 heteroatoms. The lowest BCUT2D eigenvalue weighted by molar-refractivity contribution is -0.127. The summed E-state index contributed by atoms with van der Waals surface area (Å²) in [4.78, 5) is 36.1. The van der Waals surface area contributed by atoms with Gasteiger partial charge in [-0.3, -0.25) is 10.1 Å². The van der Waals surface area contributed by atoms with E-state index in [1.807, 2.05) is 0 Å². The molecule has 1 aliphatic heterocycles. The molecule has 1 fully saturated rings. The number of hydrogen-bond acceptors (Lipinski definition) is 6. The van der Waals surface area contributed by atoms with Gasteiger partial charge in [0.1, 0.15) is 0 Å². The van der Waals surface area contributed by atoms with Crippen LogP contribution >= 0.6 is 11.6 Å². The highest BCUT2D eigenvalue weighted by atomic mass is 35.5. The fourth-order valence-electron chi connectivity index (χ4n) is 2.87. The van der Waals surface area contributed by atoms with E-state index < -0.39 is 24.0 Å². The molecule has 1 saturated carbocycles. The third-order valence-corrected chi connectivity index (χ3v) is 4.52. The van der Waals surface area contributed by atoms with E-state index in [0.29, 0.717) is 11.5 Å². The first-order valence-corrected chi connectivity index (χ1v) is 8.73. The van der Waals surface area contributed by atoms with Gasteiger partial charge in [-0.2, -0.15) is 0 Å². The van der Waals surface area contributed by atoms with Gasteiger partial charge in [-0.15, -0.1) is 0 Å². The number of esters is 1. The van der Waals surface area contributed by atoms with E-state index in [0.717, 1.165) is 25.7 Å². The number of hydrogen-bond donors (Lipinski definition) is 2. The van der Waals surface area contributed by atoms with Crippen molar-refractivity contribution in [2.75, 3.05) is 6.79 Å². The van der Waals surface area contributed by atoms with Crippen LogP contribution in [0.1, 0.15) is 43.0 Å². The molecule has 1 heterocycles. The molecule has 0 radical (unpaired) electrons. The van der Waals surface area contributed by atoms with Crippen molar-refractivity contribution >= 4 is 29.5 Å². The molecule has 2 N–H and O–H groups in total. The van der Waals surface area contributed by atoms with Crippen LogP contribution in [0.3, 0.4) is 0 Å². The van der Waals surface area contributed by atoms with E-state index in [9.17, 15) is 14.4 Å². The van der Waals surface area contributed by atoms with E-state index in [-0.39, 0.29) is 23.4 Å². The second kappa shape index (κ2) is 7.82. The Bertz CT molecular complexity index is 732. The Morgan fingerprint density at radius 1 is 1.23 bits per heavy atom. The number of ether oxygens (including phenoxy) is 3. The molecule has 26 heavy (non-hydrogen) atoms. The van der Waals surface area contributed by atoms with Crippen LogP contribution in [0.15, 0.2) is 12.1 Å². The number of imide groups is 1. The third kappa shape index (κ3) is 4.19. The van der Waals surface area contributed by atoms with Crippen molar-refractivity contribution < 1.29 is 28.6 Å². The molecule has 140 valence electrons. The van der Waals surface area contributed by atoms with Crippen LogP contribution in [0.25, 0.3) is 0 Å². The fraction of sp³-hybridized carbons (Fsp3) is 0.471. The molecule has 1 atom stereocenters. The fourth-order valence-corrected chi connectivity index (χ4v) is 3.14. The van der Waals surface area contributed by atoms with Crippen LogP contribution in [-0.4, -0.2) is 36.8 Å². The Morgan fingerprint density at radius 3 is 2.69 bits per heavy atom. The van der Waals surface area contributed by atoms with Gasteiger partial charge in [0.2, 0.25) is 6.79 Å². The quantitative estimate of drug-likeness (QED) is 0.775. The minimum Gasteiger partial charge on any atom is -0.454 e. The van der Waals surface area contributed by atoms with Crippen LogP contribution in [0.5, 0.6) is 11.5 Å². The Kier molecular flexibility index (Phi) is 5.51. The molecular weight excluding hydrogens is 364 g/mol. The smallest absolute Gasteiger partial charge is 0.339 e. The summed E-state index contributed by atoms with van der Waals surface area (Å²) in [6, 6.07) is 2.29. The molecule has 3 rings (SSSR count). The highest BCUT2D eigenvalue weighted by Crippen LogP contribution is 2.39. The zero-order valence-corrected chi connectivity index (χ0v) is 14.9. The molecule has 1 aliphatic carbocycles. The monoisotopic (exact) mass is 382 g/mol. The molecule has 1 aromatic carbocycles. The van der Waals surface area contributed by atoms with E-state index in [4.69, 9.17) is 25.8 Å². The Labute approximate surface area is 155 Å². The zero-order valence-electron chi connectivity index (χ0n) is 14.2. The van der Waals surface area contributed by atoms with Crippen molar-refractivity contribution in [2.45, 2.75) is 44.8 Å². The topological polar surface area (TPSA) is 103 Å². The summed E-state index contributed by atoms with van der Waals surface area (Å²) in [6.45, 7) is 1.40. The SMILES string of the molecule is C[C@@H](OC(=O)c1cc(Cl)c2c(c1)OCO2)C(=O)NC(=O)NC1CCCC1. The van der Waals surface area contributed by atoms with E-state index in [1.165, 1.54) is 19.1 Å². The standard InChI is InChI=1S/C17H19ClN2O6/c1-9(15(21)20-17(23)19-11-4-2-3-5-11)26-16(22)10-6-12(18)14-13(7-10)24-8-25-14/h6-7,9,11H,2-5,8H2,1H3,(H2,19,20,21,23)/t9-/m1/s1. The summed E-state index contributed by atoms with van der Waals surface area (Å²) < 4.78 is 15.5. The molecule has 2 aliphatic rings. The lowest BCUT2D eigenvalue weighted by atomic mass is 10.2. The molecule has 0 spiro atoms. The Hall–Kier alpha value is -2.48. The summed E-state index contributed by atoms with van der Waals surface area (Å²) in [7, 11) is 0. The van der Waals surface area contributed by atoms with Crippen LogP contribution in [-0.2, 0) is 9.53 Å². The number of amides is 3. The lowest BCUT2D eigenvalue weighted by Gasteiger charge is -2.15. The summed E-state index contributed by atoms with van der Waals surface area (Å²) in [5.41, 5.74) is 0.120. The number of carbonyl (C=O) groups is 3. The molecule has 0 aromatic heterocycles. The Balaban J connectivity index is 1.54. The summed E-state index contributed by atoms with van der Waals surface area (Å²) in [5.74, 6) is -0.778. The second-order valence-electron chi connectivity index (χ2n) is 6.18. The number of fused-ring (bicyclic) bond motifs is 1. The Morgan fingerprint density at radius 2 is 1.96 bits per heavy atom. The maximum atomic E-state index is 12.2. The van der Waals surface area contributed by atoms with Gasteiger partial charge in [-0.05, 0) is 31.9 Å². The molecule has 0 bridgehead atoms. The van der Waals surface area contributed by atoms with Gasteiger partial charge in [0.15, 0.2) is 17.6 Å². The van der Waals surface area contributed by atoms with Crippen LogP contribution < -0.4 is 20.1 Å². The van der Waals surface area contributed by atoms with E-state index in [2.05, 4.69) is 10.6 Å². The van der Waals surface area contributed by atoms with Gasteiger partial charge in [-0.1, -0.05) is 24.4 Å². The normalized spacial score (nSPS) is 16.8. The third-order valence-electron chi connectivity index (χ3n) is 4.24. The van der Waals surface area contributed by atoms with Crippen molar-refractivity contribution in [1.82, 2.24) is 10.6 Å². The minimum atomic E-state index is -1.15. The van der Waals surface area contributed by atoms with Crippen LogP contribution in [0.4, 0.5) is 4.79 Å². The van der Waals surface area contributed by atoms with Crippen molar-refractivity contribution in [2.24, 2.45) is 0 Å². The highest BCUT2D eigenvalue weighted by molar-refractivity contribution is 6.32. The number of rotatable bonds is 4. The first kappa shape index (κ1) is 18.3. The molecule has 0 unspecified atom stereocenters. The van der Waals surface area contributed by atoms with Crippen molar-refractivity contribution in [3.05, 3.63) is 22.7 Å². The van der Waals surface area contributed by atoms with Crippen molar-refractivity contribution in [3.63, 3.8) is 0 Å². The zero-order chi connectivity index (χ0) is 18.7. The van der Waals surface area contributed by atoms with Crippen molar-refractivity contribution in [1.29, 1.82) is 0 Å². The van der Waals surface area contributed by atoms with Crippen LogP contribution in [0, 0.1) is 0 Å². The van der Waals surface area contributed by atoms with Gasteiger partial charge >= 0.3 is 12.0 Å². The summed E-state index contributed by atoms with van der Waals surface area (Å²) >= 11 is 6.02. The summed E-state index contributed by atoms with van der Waals surface area (Å²) in [6.07, 6.45) is 2.77. The maximum absolute atomic E-state index is 12.2. The molecule has 3 amide bonds. The molecule has 1 aromatic rings. The molecular formula is C17H19ClN2O6. The van der Waals surface area contributed by atoms with Gasteiger partial charge in [0, 0.05) is 6.04 Å². The number of nitrogens with one attached hydrogen (secondary N) is 2. The van der Waals surface area contributed by atoms with E-state index >= 15 is 0 Å². The van der Waals surface area contributed by atoms with Gasteiger partial charge < -0.3 is 19.5 Å². The van der Waals surface area contributed by atoms with Gasteiger partial charge in [0.05, 0.1) is 10.6 Å². The lowest BCUT2D eigenvalue weighted by Crippen LogP contribution is -2.47. The molecule has 8 nitrogen and oxygen atoms in total. The molecule has 0 saturated heterocycles. The maximum Gasteiger partial charge on any atom is 0.339 e. The first-order valence-electron chi connectivity index (χ1n) is 8.35. The number of benzene rings is 1. The average molecular weight is 383 g/mol. The van der Waals surface area contributed by atoms with Gasteiger partial charge in [-0.25, -0.2) is 9.59 Å². The van der Waals surface area contributed by atoms with Crippen LogP contribution in [0.2, 0.25) is 5.02 Å². The minimum absolute atomic E-state index is 0.0163. The first-order chi connectivity index (χ1) is 12.4. The second-order valence-corrected chi connectivity index (χ2v) is 6.59. The highest BCUT2D eigenvalue weighted by Gasteiger charge is 2.25. The predicted molar refractivity (Wildman–Crippen MR) is 91.4 cm³/mol. The summed E-state index contributed by atoms with van der Waals surface area (Å²) in [5, 5.41) is 5.11. The number of halogens is 1. The van der Waals surface area contributed by atoms with E-state index in [1.54, 1.807) is 0 Å². The predicted octanol–water partition coefficient (Wildman–Crippen LogP) is 2.38. The number of carbonyl (C=O) groups excluding carboxylic acids is 3. The van der Waals surface area contributed by atoms with Crippen molar-refractivity contribution in [3.8, 4) is 11.5 Å². The van der Waals surface area contributed by atoms with Gasteiger partial charge in [0.25, 0.3) is 5.91 Å². The number of urea groups is 1. The largest absolute Gasteiger partial charge is 0.454 e. The average Bonchev–Trinajstić information content (AvgIpc) is 3.25.